The van der Waals surface area contributed by atoms with Crippen LogP contribution in [0.1, 0.15) is 17.5 Å². The van der Waals surface area contributed by atoms with E-state index in [2.05, 4.69) is 10.3 Å². The van der Waals surface area contributed by atoms with Crippen molar-refractivity contribution in [3.63, 3.8) is 0 Å². The number of nitrogens with one attached hydrogen (secondary N) is 3. The van der Waals surface area contributed by atoms with Crippen LogP contribution in [-0.2, 0) is 16.1 Å². The molecule has 0 spiro atoms. The van der Waals surface area contributed by atoms with Gasteiger partial charge < -0.3 is 24.8 Å². The summed E-state index contributed by atoms with van der Waals surface area (Å²) in [5, 5.41) is 11.7. The maximum Gasteiger partial charge on any atom is 0.259 e. The van der Waals surface area contributed by atoms with E-state index in [0.29, 0.717) is 46.1 Å². The Balaban J connectivity index is 1.54. The summed E-state index contributed by atoms with van der Waals surface area (Å²) in [6.07, 6.45) is 4.41. The number of aromatic amines is 1. The van der Waals surface area contributed by atoms with Gasteiger partial charge in [-0.3, -0.25) is 20.3 Å². The summed E-state index contributed by atoms with van der Waals surface area (Å²) in [7, 11) is 0. The zero-order chi connectivity index (χ0) is 24.1. The molecule has 0 radical (unpaired) electrons. The van der Waals surface area contributed by atoms with Gasteiger partial charge in [-0.15, -0.1) is 0 Å². The van der Waals surface area contributed by atoms with Crippen molar-refractivity contribution in [3.8, 4) is 11.5 Å². The lowest BCUT2D eigenvalue weighted by molar-refractivity contribution is -0.122. The van der Waals surface area contributed by atoms with Gasteiger partial charge in [-0.2, -0.15) is 0 Å². The van der Waals surface area contributed by atoms with Gasteiger partial charge in [0, 0.05) is 52.1 Å². The molecule has 4 heterocycles. The molecule has 4 aromatic rings. The number of carbonyl (C=O) groups is 2. The third-order valence-electron chi connectivity index (χ3n) is 6.24. The SMILES string of the molecule is N=C(N)SCCCn1cc(C2=C(c3c[nH]c4ccccc34)C(=O)NC2=O)c2ccc3c(c21)OCO3. The molecule has 2 aromatic heterocycles. The second-order valence-electron chi connectivity index (χ2n) is 8.28. The van der Waals surface area contributed by atoms with Crippen molar-refractivity contribution in [2.75, 3.05) is 12.5 Å². The first-order chi connectivity index (χ1) is 17.0. The number of nitrogens with zero attached hydrogens (tertiary/aromatic N) is 1. The van der Waals surface area contributed by atoms with Gasteiger partial charge in [-0.25, -0.2) is 0 Å². The minimum atomic E-state index is -0.431. The number of aryl methyl sites for hydroxylation is 1. The van der Waals surface area contributed by atoms with Crippen LogP contribution in [0.2, 0.25) is 0 Å². The topological polar surface area (TPSA) is 135 Å². The molecule has 0 saturated carbocycles. The number of imide groups is 1. The summed E-state index contributed by atoms with van der Waals surface area (Å²) in [5.41, 5.74) is 9.17. The van der Waals surface area contributed by atoms with Gasteiger partial charge in [0.1, 0.15) is 0 Å². The van der Waals surface area contributed by atoms with Gasteiger partial charge in [0.05, 0.1) is 16.7 Å². The van der Waals surface area contributed by atoms with Crippen LogP contribution in [0.15, 0.2) is 48.8 Å². The molecule has 35 heavy (non-hydrogen) atoms. The summed E-state index contributed by atoms with van der Waals surface area (Å²) < 4.78 is 13.4. The number of H-pyrrole nitrogens is 1. The molecule has 2 amide bonds. The molecule has 5 N–H and O–H groups in total. The molecule has 2 aliphatic rings. The van der Waals surface area contributed by atoms with E-state index in [1.165, 1.54) is 11.8 Å². The number of rotatable bonds is 6. The Kier molecular flexibility index (Phi) is 5.03. The highest BCUT2D eigenvalue weighted by atomic mass is 32.2. The molecular weight excluding hydrogens is 466 g/mol. The number of aromatic nitrogens is 2. The Labute approximate surface area is 203 Å². The number of nitrogens with two attached hydrogens (primary N) is 1. The molecule has 6 rings (SSSR count). The van der Waals surface area contributed by atoms with Crippen LogP contribution in [0, 0.1) is 5.41 Å². The van der Waals surface area contributed by atoms with Crippen molar-refractivity contribution >= 4 is 61.7 Å². The van der Waals surface area contributed by atoms with E-state index in [0.717, 1.165) is 28.2 Å². The highest BCUT2D eigenvalue weighted by Crippen LogP contribution is 2.44. The lowest BCUT2D eigenvalue weighted by Gasteiger charge is -2.07. The van der Waals surface area contributed by atoms with Crippen LogP contribution in [-0.4, -0.2) is 39.1 Å². The molecule has 0 fully saturated rings. The average molecular weight is 488 g/mol. The monoisotopic (exact) mass is 487 g/mol. The number of hydrogen-bond donors (Lipinski definition) is 4. The molecule has 0 atom stereocenters. The molecule has 0 saturated heterocycles. The summed E-state index contributed by atoms with van der Waals surface area (Å²) in [6.45, 7) is 0.735. The van der Waals surface area contributed by atoms with E-state index >= 15 is 0 Å². The number of benzene rings is 2. The van der Waals surface area contributed by atoms with Crippen LogP contribution in [0.5, 0.6) is 11.5 Å². The van der Waals surface area contributed by atoms with E-state index < -0.39 is 11.8 Å². The van der Waals surface area contributed by atoms with Crippen LogP contribution in [0.25, 0.3) is 33.0 Å². The number of amidine groups is 1. The van der Waals surface area contributed by atoms with Crippen LogP contribution in [0.4, 0.5) is 0 Å². The third kappa shape index (κ3) is 3.45. The molecule has 0 unspecified atom stereocenters. The number of hydrogen-bond acceptors (Lipinski definition) is 6. The van der Waals surface area contributed by atoms with Crippen LogP contribution < -0.4 is 20.5 Å². The highest BCUT2D eigenvalue weighted by Gasteiger charge is 2.36. The second-order valence-corrected chi connectivity index (χ2v) is 9.42. The van der Waals surface area contributed by atoms with E-state index in [-0.39, 0.29) is 12.0 Å². The quantitative estimate of drug-likeness (QED) is 0.142. The first-order valence-electron chi connectivity index (χ1n) is 11.1. The van der Waals surface area contributed by atoms with E-state index in [9.17, 15) is 9.59 Å². The van der Waals surface area contributed by atoms with Crippen molar-refractivity contribution in [1.82, 2.24) is 14.9 Å². The van der Waals surface area contributed by atoms with E-state index in [4.69, 9.17) is 20.6 Å². The Bertz CT molecular complexity index is 1580. The minimum Gasteiger partial charge on any atom is -0.454 e. The number of amides is 2. The van der Waals surface area contributed by atoms with Gasteiger partial charge in [-0.05, 0) is 24.6 Å². The lowest BCUT2D eigenvalue weighted by atomic mass is 9.95. The van der Waals surface area contributed by atoms with Crippen molar-refractivity contribution in [1.29, 1.82) is 5.41 Å². The predicted molar refractivity (Wildman–Crippen MR) is 135 cm³/mol. The zero-order valence-corrected chi connectivity index (χ0v) is 19.3. The first-order valence-corrected chi connectivity index (χ1v) is 12.1. The number of thioether (sulfide) groups is 1. The fourth-order valence-corrected chi connectivity index (χ4v) is 5.28. The molecule has 9 nitrogen and oxygen atoms in total. The molecule has 176 valence electrons. The first kappa shape index (κ1) is 21.4. The number of ether oxygens (including phenoxy) is 2. The number of carbonyl (C=O) groups excluding carboxylic acids is 2. The number of fused-ring (bicyclic) bond motifs is 4. The normalized spacial score (nSPS) is 15.0. The summed E-state index contributed by atoms with van der Waals surface area (Å²) >= 11 is 1.28. The molecule has 0 bridgehead atoms. The van der Waals surface area contributed by atoms with Crippen molar-refractivity contribution in [2.45, 2.75) is 13.0 Å². The number of para-hydroxylation sites is 1. The Morgan fingerprint density at radius 2 is 1.86 bits per heavy atom. The van der Waals surface area contributed by atoms with E-state index in [1.54, 1.807) is 6.20 Å². The fraction of sp³-hybridized carbons (Fsp3) is 0.160. The van der Waals surface area contributed by atoms with Gasteiger partial charge in [0.25, 0.3) is 11.8 Å². The standard InChI is InChI=1S/C25H21N5O4S/c26-25(27)35-9-3-8-30-11-16(14-6-7-18-22(21(14)30)34-12-33-18)20-19(23(31)29-24(20)32)15-10-28-17-5-2-1-4-13(15)17/h1-2,4-7,10-11,28H,3,8-9,12H2,(H3,26,27)(H,29,31,32). The van der Waals surface area contributed by atoms with Crippen molar-refractivity contribution < 1.29 is 19.1 Å². The van der Waals surface area contributed by atoms with Gasteiger partial charge in [0.2, 0.25) is 6.79 Å². The maximum atomic E-state index is 13.1. The third-order valence-corrected chi connectivity index (χ3v) is 7.04. The summed E-state index contributed by atoms with van der Waals surface area (Å²) in [5.74, 6) is 1.08. The highest BCUT2D eigenvalue weighted by molar-refractivity contribution is 8.13. The van der Waals surface area contributed by atoms with E-state index in [1.807, 2.05) is 47.2 Å². The second kappa shape index (κ2) is 8.24. The smallest absolute Gasteiger partial charge is 0.259 e. The Hall–Kier alpha value is -4.18. The maximum absolute atomic E-state index is 13.1. The van der Waals surface area contributed by atoms with Crippen LogP contribution in [0.3, 0.4) is 0 Å². The molecule has 10 heteroatoms. The zero-order valence-electron chi connectivity index (χ0n) is 18.5. The lowest BCUT2D eigenvalue weighted by Crippen LogP contribution is -2.22. The Morgan fingerprint density at radius 3 is 2.69 bits per heavy atom. The summed E-state index contributed by atoms with van der Waals surface area (Å²) in [6, 6.07) is 11.4. The Morgan fingerprint density at radius 1 is 1.06 bits per heavy atom. The average Bonchev–Trinajstić information content (AvgIpc) is 3.60. The summed E-state index contributed by atoms with van der Waals surface area (Å²) in [4.78, 5) is 29.4. The largest absolute Gasteiger partial charge is 0.454 e. The fourth-order valence-electron chi connectivity index (χ4n) is 4.79. The van der Waals surface area contributed by atoms with Gasteiger partial charge in [-0.1, -0.05) is 30.0 Å². The van der Waals surface area contributed by atoms with Crippen molar-refractivity contribution in [3.05, 3.63) is 59.9 Å². The molecular formula is C25H21N5O4S. The molecule has 2 aliphatic heterocycles. The van der Waals surface area contributed by atoms with Crippen molar-refractivity contribution in [2.24, 2.45) is 5.73 Å². The van der Waals surface area contributed by atoms with Crippen LogP contribution >= 0.6 is 11.8 Å². The minimum absolute atomic E-state index is 0.0790. The molecule has 2 aromatic carbocycles. The van der Waals surface area contributed by atoms with Gasteiger partial charge in [0.15, 0.2) is 16.7 Å². The van der Waals surface area contributed by atoms with Gasteiger partial charge >= 0.3 is 0 Å². The molecule has 0 aliphatic carbocycles. The predicted octanol–water partition coefficient (Wildman–Crippen LogP) is 3.44.